The van der Waals surface area contributed by atoms with E-state index in [0.717, 1.165) is 6.07 Å². The Kier molecular flexibility index (Phi) is 6.12. The van der Waals surface area contributed by atoms with Gasteiger partial charge in [0, 0.05) is 0 Å². The molecule has 0 bridgehead atoms. The van der Waals surface area contributed by atoms with Crippen molar-refractivity contribution in [2.24, 2.45) is 5.73 Å². The molecule has 0 saturated heterocycles. The van der Waals surface area contributed by atoms with Crippen LogP contribution in [0.5, 0.6) is 5.75 Å². The van der Waals surface area contributed by atoms with Gasteiger partial charge in [0.25, 0.3) is 5.92 Å². The molecule has 3 nitrogen and oxygen atoms in total. The highest BCUT2D eigenvalue weighted by atomic mass is 35.5. The van der Waals surface area contributed by atoms with E-state index in [1.807, 2.05) is 0 Å². The molecule has 0 aliphatic heterocycles. The Bertz CT molecular complexity index is 454. The minimum Gasteiger partial charge on any atom is -0.403 e. The molecule has 0 fully saturated rings. The summed E-state index contributed by atoms with van der Waals surface area (Å²) in [5, 5.41) is 8.41. The third kappa shape index (κ3) is 4.73. The molecule has 10 heteroatoms. The summed E-state index contributed by atoms with van der Waals surface area (Å²) in [6.07, 6.45) is -5.10. The lowest BCUT2D eigenvalue weighted by molar-refractivity contribution is -0.275. The smallest absolute Gasteiger partial charge is 0.403 e. The number of halogens is 7. The number of ether oxygens (including phenoxy) is 1. The maximum atomic E-state index is 13.2. The summed E-state index contributed by atoms with van der Waals surface area (Å²) in [4.78, 5) is 0. The second-order valence-electron chi connectivity index (χ2n) is 3.63. The zero-order valence-corrected chi connectivity index (χ0v) is 10.4. The van der Waals surface area contributed by atoms with Gasteiger partial charge in [-0.2, -0.15) is 0 Å². The molecule has 0 radical (unpaired) electrons. The van der Waals surface area contributed by atoms with Crippen molar-refractivity contribution in [2.45, 2.75) is 18.3 Å². The largest absolute Gasteiger partial charge is 0.573 e. The van der Waals surface area contributed by atoms with E-state index in [1.54, 1.807) is 0 Å². The fourth-order valence-corrected chi connectivity index (χ4v) is 1.26. The highest BCUT2D eigenvalue weighted by molar-refractivity contribution is 5.85. The van der Waals surface area contributed by atoms with Crippen LogP contribution in [-0.4, -0.2) is 24.0 Å². The van der Waals surface area contributed by atoms with Crippen molar-refractivity contribution < 1.29 is 36.2 Å². The zero-order chi connectivity index (χ0) is 14.8. The van der Waals surface area contributed by atoms with Crippen molar-refractivity contribution in [1.29, 1.82) is 0 Å². The first-order chi connectivity index (χ1) is 8.57. The van der Waals surface area contributed by atoms with Gasteiger partial charge in [0.2, 0.25) is 0 Å². The van der Waals surface area contributed by atoms with E-state index >= 15 is 0 Å². The maximum Gasteiger partial charge on any atom is 0.573 e. The van der Waals surface area contributed by atoms with Crippen LogP contribution in [0, 0.1) is 5.82 Å². The Morgan fingerprint density at radius 2 is 1.75 bits per heavy atom. The third-order valence-corrected chi connectivity index (χ3v) is 2.21. The Morgan fingerprint density at radius 1 is 1.20 bits per heavy atom. The van der Waals surface area contributed by atoms with E-state index in [9.17, 15) is 26.3 Å². The number of benzene rings is 1. The van der Waals surface area contributed by atoms with Gasteiger partial charge in [-0.3, -0.25) is 0 Å². The minimum absolute atomic E-state index is 0. The number of nitrogens with two attached hydrogens (primary N) is 1. The van der Waals surface area contributed by atoms with E-state index in [2.05, 4.69) is 4.74 Å². The molecular weight excluding hydrogens is 316 g/mol. The monoisotopic (exact) mass is 325 g/mol. The van der Waals surface area contributed by atoms with Crippen LogP contribution in [0.15, 0.2) is 18.2 Å². The molecule has 0 unspecified atom stereocenters. The number of rotatable bonds is 4. The van der Waals surface area contributed by atoms with Gasteiger partial charge < -0.3 is 15.6 Å². The number of hydrogen-bond donors (Lipinski definition) is 2. The molecule has 116 valence electrons. The molecule has 1 aromatic rings. The molecule has 0 aliphatic carbocycles. The lowest BCUT2D eigenvalue weighted by atomic mass is 10.0. The third-order valence-electron chi connectivity index (χ3n) is 2.21. The van der Waals surface area contributed by atoms with Crippen LogP contribution in [0.1, 0.15) is 11.6 Å². The Hall–Kier alpha value is -1.19. The molecule has 1 rings (SSSR count). The van der Waals surface area contributed by atoms with E-state index in [1.165, 1.54) is 0 Å². The van der Waals surface area contributed by atoms with E-state index in [0.29, 0.717) is 12.1 Å². The van der Waals surface area contributed by atoms with Crippen molar-refractivity contribution in [2.75, 3.05) is 6.61 Å². The first kappa shape index (κ1) is 18.8. The average Bonchev–Trinajstić information content (AvgIpc) is 2.29. The fourth-order valence-electron chi connectivity index (χ4n) is 1.26. The number of alkyl halides is 5. The summed E-state index contributed by atoms with van der Waals surface area (Å²) in [7, 11) is 0. The second kappa shape index (κ2) is 6.51. The Morgan fingerprint density at radius 3 is 2.15 bits per heavy atom. The Labute approximate surface area is 115 Å². The fraction of sp³-hybridized carbons (Fsp3) is 0.400. The predicted molar refractivity (Wildman–Crippen MR) is 59.3 cm³/mol. The predicted octanol–water partition coefficient (Wildman–Crippen LogP) is 2.77. The topological polar surface area (TPSA) is 55.5 Å². The molecule has 0 aliphatic rings. The summed E-state index contributed by atoms with van der Waals surface area (Å²) in [5.74, 6) is -6.37. The van der Waals surface area contributed by atoms with Gasteiger partial charge in [0.1, 0.15) is 6.61 Å². The van der Waals surface area contributed by atoms with Crippen LogP contribution in [-0.2, 0) is 0 Å². The van der Waals surface area contributed by atoms with Gasteiger partial charge in [0.05, 0.1) is 6.04 Å². The molecule has 0 heterocycles. The zero-order valence-electron chi connectivity index (χ0n) is 9.63. The van der Waals surface area contributed by atoms with Gasteiger partial charge in [0.15, 0.2) is 11.6 Å². The van der Waals surface area contributed by atoms with Gasteiger partial charge >= 0.3 is 6.36 Å². The van der Waals surface area contributed by atoms with Crippen LogP contribution in [0.3, 0.4) is 0 Å². The van der Waals surface area contributed by atoms with Crippen LogP contribution in [0.25, 0.3) is 0 Å². The highest BCUT2D eigenvalue weighted by Crippen LogP contribution is 2.32. The summed E-state index contributed by atoms with van der Waals surface area (Å²) >= 11 is 0. The normalized spacial score (nSPS) is 13.6. The molecule has 0 spiro atoms. The van der Waals surface area contributed by atoms with Crippen LogP contribution in [0.2, 0.25) is 0 Å². The van der Waals surface area contributed by atoms with E-state index in [-0.39, 0.29) is 12.4 Å². The summed E-state index contributed by atoms with van der Waals surface area (Å²) in [6, 6.07) is -0.356. The maximum absolute atomic E-state index is 13.2. The summed E-state index contributed by atoms with van der Waals surface area (Å²) < 4.78 is 78.2. The van der Waals surface area contributed by atoms with Crippen molar-refractivity contribution in [3.63, 3.8) is 0 Å². The molecule has 1 atom stereocenters. The van der Waals surface area contributed by atoms with Crippen LogP contribution in [0.4, 0.5) is 26.3 Å². The molecule has 0 saturated carbocycles. The van der Waals surface area contributed by atoms with Crippen LogP contribution < -0.4 is 10.5 Å². The molecule has 1 aromatic carbocycles. The van der Waals surface area contributed by atoms with Crippen molar-refractivity contribution >= 4 is 12.4 Å². The number of hydrogen-bond acceptors (Lipinski definition) is 3. The average molecular weight is 326 g/mol. The lowest BCUT2D eigenvalue weighted by Crippen LogP contribution is -2.36. The van der Waals surface area contributed by atoms with E-state index in [4.69, 9.17) is 10.8 Å². The van der Waals surface area contributed by atoms with Gasteiger partial charge in [-0.15, -0.1) is 25.6 Å². The molecule has 3 N–H and O–H groups in total. The van der Waals surface area contributed by atoms with Gasteiger partial charge in [-0.1, -0.05) is 6.07 Å². The molecular formula is C10H10ClF6NO2. The second-order valence-corrected chi connectivity index (χ2v) is 3.63. The minimum atomic E-state index is -5.10. The molecule has 0 amide bonds. The summed E-state index contributed by atoms with van der Waals surface area (Å²) in [5.41, 5.74) is 4.62. The van der Waals surface area contributed by atoms with Gasteiger partial charge in [-0.05, 0) is 17.7 Å². The Balaban J connectivity index is 0.00000361. The number of aliphatic hydroxyl groups is 1. The van der Waals surface area contributed by atoms with Crippen LogP contribution >= 0.6 is 12.4 Å². The lowest BCUT2D eigenvalue weighted by Gasteiger charge is -2.22. The van der Waals surface area contributed by atoms with Crippen molar-refractivity contribution in [3.05, 3.63) is 29.6 Å². The molecule has 0 aromatic heterocycles. The first-order valence-electron chi connectivity index (χ1n) is 4.86. The van der Waals surface area contributed by atoms with E-state index < -0.39 is 42.1 Å². The SMILES string of the molecule is Cl.N[C@H](c1ccc(OC(F)(F)F)c(F)c1)C(F)(F)CO. The number of aliphatic hydroxyl groups excluding tert-OH is 1. The standard InChI is InChI=1S/C10H9F6NO2.ClH/c11-6-3-5(8(17)9(12,13)4-18)1-2-7(6)19-10(14,15)16;/h1-3,8,18H,4,17H2;1H/t8-;/m1./s1. The quantitative estimate of drug-likeness (QED) is 0.837. The first-order valence-corrected chi connectivity index (χ1v) is 4.86. The highest BCUT2D eigenvalue weighted by Gasteiger charge is 2.38. The van der Waals surface area contributed by atoms with Crippen molar-refractivity contribution in [1.82, 2.24) is 0 Å². The molecule has 20 heavy (non-hydrogen) atoms. The van der Waals surface area contributed by atoms with Gasteiger partial charge in [-0.25, -0.2) is 13.2 Å². The summed E-state index contributed by atoms with van der Waals surface area (Å²) in [6.45, 7) is -1.57. The van der Waals surface area contributed by atoms with Crippen molar-refractivity contribution in [3.8, 4) is 5.75 Å².